The van der Waals surface area contributed by atoms with E-state index in [4.69, 9.17) is 0 Å². The monoisotopic (exact) mass is 190 g/mol. The predicted molar refractivity (Wildman–Crippen MR) is 39.5 cm³/mol. The number of nitrogens with one attached hydrogen (secondary N) is 1. The van der Waals surface area contributed by atoms with Crippen LogP contribution in [0.3, 0.4) is 0 Å². The average Bonchev–Trinajstić information content (AvgIpc) is 2.04. The Morgan fingerprint density at radius 1 is 1.46 bits per heavy atom. The molecule has 71 valence electrons. The molecule has 3 nitrogen and oxygen atoms in total. The summed E-state index contributed by atoms with van der Waals surface area (Å²) in [5, 5.41) is 2.49. The van der Waals surface area contributed by atoms with E-state index in [1.807, 2.05) is 0 Å². The fraction of sp³-hybridized carbons (Fsp3) is 0.286. The summed E-state index contributed by atoms with van der Waals surface area (Å²) in [6.07, 6.45) is -2.46. The van der Waals surface area contributed by atoms with Crippen LogP contribution in [0.4, 0.5) is 13.2 Å². The van der Waals surface area contributed by atoms with Crippen LogP contribution in [0.25, 0.3) is 0 Å². The van der Waals surface area contributed by atoms with Crippen molar-refractivity contribution >= 4 is 0 Å². The Morgan fingerprint density at radius 3 is 2.69 bits per heavy atom. The lowest BCUT2D eigenvalue weighted by Gasteiger charge is -2.09. The summed E-state index contributed by atoms with van der Waals surface area (Å²) in [5.41, 5.74) is -1.01. The van der Waals surface area contributed by atoms with Crippen LogP contribution < -0.4 is 5.32 Å². The number of hydrogen-bond acceptors (Lipinski definition) is 3. The first-order valence-corrected chi connectivity index (χ1v) is 3.43. The zero-order chi connectivity index (χ0) is 9.90. The Morgan fingerprint density at radius 2 is 2.15 bits per heavy atom. The number of aromatic nitrogens is 2. The topological polar surface area (TPSA) is 37.8 Å². The normalized spacial score (nSPS) is 11.7. The van der Waals surface area contributed by atoms with Crippen molar-refractivity contribution in [3.8, 4) is 0 Å². The number of rotatable bonds is 2. The third-order valence-corrected chi connectivity index (χ3v) is 1.31. The molecule has 0 bridgehead atoms. The number of nitrogens with zero attached hydrogens (tertiary/aromatic N) is 2. The molecule has 6 heteroatoms. The van der Waals surface area contributed by atoms with E-state index < -0.39 is 11.9 Å². The molecule has 0 saturated carbocycles. The van der Waals surface area contributed by atoms with Crippen molar-refractivity contribution in [2.24, 2.45) is 0 Å². The second-order valence-corrected chi connectivity index (χ2v) is 2.26. The van der Waals surface area contributed by atoms with Gasteiger partial charge in [0.25, 0.3) is 0 Å². The van der Waals surface area contributed by atoms with Gasteiger partial charge in [-0.15, -0.1) is 0 Å². The van der Waals surface area contributed by atoms with Gasteiger partial charge in [-0.25, -0.2) is 9.97 Å². The molecule has 13 heavy (non-hydrogen) atoms. The van der Waals surface area contributed by atoms with Crippen molar-refractivity contribution in [3.63, 3.8) is 0 Å². The SMILES string of the molecule is CN[CH]c1cncnc1C(F)(F)F. The highest BCUT2D eigenvalue weighted by atomic mass is 19.4. The maximum absolute atomic E-state index is 12.2. The van der Waals surface area contributed by atoms with Gasteiger partial charge in [0.15, 0.2) is 5.69 Å². The van der Waals surface area contributed by atoms with Gasteiger partial charge in [-0.3, -0.25) is 0 Å². The summed E-state index contributed by atoms with van der Waals surface area (Å²) in [6, 6.07) is 0. The molecule has 0 amide bonds. The first kappa shape index (κ1) is 9.91. The lowest BCUT2D eigenvalue weighted by molar-refractivity contribution is -0.141. The van der Waals surface area contributed by atoms with Crippen molar-refractivity contribution in [3.05, 3.63) is 30.3 Å². The average molecular weight is 190 g/mol. The van der Waals surface area contributed by atoms with Gasteiger partial charge >= 0.3 is 6.18 Å². The van der Waals surface area contributed by atoms with Crippen LogP contribution in [0.2, 0.25) is 0 Å². The minimum absolute atomic E-state index is 0.0718. The maximum Gasteiger partial charge on any atom is 0.433 e. The van der Waals surface area contributed by atoms with E-state index in [1.54, 1.807) is 0 Å². The van der Waals surface area contributed by atoms with E-state index in [0.717, 1.165) is 12.5 Å². The highest BCUT2D eigenvalue weighted by molar-refractivity contribution is 5.25. The Kier molecular flexibility index (Phi) is 2.82. The number of alkyl halides is 3. The zero-order valence-electron chi connectivity index (χ0n) is 6.76. The molecule has 0 saturated heterocycles. The Bertz CT molecular complexity index is 285. The molecule has 1 heterocycles. The number of halogens is 3. The maximum atomic E-state index is 12.2. The van der Waals surface area contributed by atoms with Crippen LogP contribution in [0.15, 0.2) is 12.5 Å². The molecule has 1 rings (SSSR count). The second-order valence-electron chi connectivity index (χ2n) is 2.26. The van der Waals surface area contributed by atoms with Crippen LogP contribution >= 0.6 is 0 Å². The van der Waals surface area contributed by atoms with Gasteiger partial charge in [-0.2, -0.15) is 13.2 Å². The Balaban J connectivity index is 3.05. The van der Waals surface area contributed by atoms with Crippen molar-refractivity contribution < 1.29 is 13.2 Å². The first-order chi connectivity index (χ1) is 6.05. The van der Waals surface area contributed by atoms with Gasteiger partial charge in [-0.05, 0) is 7.05 Å². The van der Waals surface area contributed by atoms with Crippen LogP contribution in [-0.2, 0) is 6.18 Å². The summed E-state index contributed by atoms with van der Waals surface area (Å²) >= 11 is 0. The van der Waals surface area contributed by atoms with Gasteiger partial charge in [0.05, 0.1) is 6.54 Å². The Hall–Kier alpha value is -1.17. The van der Waals surface area contributed by atoms with E-state index in [-0.39, 0.29) is 5.56 Å². The molecule has 1 aromatic heterocycles. The molecular weight excluding hydrogens is 183 g/mol. The third kappa shape index (κ3) is 2.38. The molecule has 0 aliphatic rings. The first-order valence-electron chi connectivity index (χ1n) is 3.43. The fourth-order valence-electron chi connectivity index (χ4n) is 0.838. The molecule has 0 atom stereocenters. The van der Waals surface area contributed by atoms with Crippen LogP contribution in [-0.4, -0.2) is 17.0 Å². The molecule has 0 aliphatic heterocycles. The van der Waals surface area contributed by atoms with Gasteiger partial charge in [-0.1, -0.05) is 0 Å². The molecule has 1 aromatic rings. The highest BCUT2D eigenvalue weighted by Gasteiger charge is 2.35. The van der Waals surface area contributed by atoms with E-state index in [0.29, 0.717) is 0 Å². The fourth-order valence-corrected chi connectivity index (χ4v) is 0.838. The van der Waals surface area contributed by atoms with Gasteiger partial charge in [0, 0.05) is 11.8 Å². The zero-order valence-corrected chi connectivity index (χ0v) is 6.76. The molecule has 0 unspecified atom stereocenters. The molecule has 1 radical (unpaired) electrons. The minimum atomic E-state index is -4.44. The standard InChI is InChI=1S/C7H7F3N3/c1-11-2-5-3-12-4-13-6(5)7(8,9)10/h2-4,11H,1H3. The van der Waals surface area contributed by atoms with Crippen LogP contribution in [0.5, 0.6) is 0 Å². The van der Waals surface area contributed by atoms with E-state index >= 15 is 0 Å². The lowest BCUT2D eigenvalue weighted by atomic mass is 10.2. The molecular formula is C7H7F3N3. The highest BCUT2D eigenvalue weighted by Crippen LogP contribution is 2.29. The van der Waals surface area contributed by atoms with Crippen molar-refractivity contribution in [1.29, 1.82) is 0 Å². The molecule has 0 aliphatic carbocycles. The second kappa shape index (κ2) is 3.69. The molecule has 1 N–H and O–H groups in total. The summed E-state index contributed by atoms with van der Waals surface area (Å²) < 4.78 is 36.7. The largest absolute Gasteiger partial charge is 0.433 e. The van der Waals surface area contributed by atoms with Gasteiger partial charge in [0.2, 0.25) is 0 Å². The molecule has 0 spiro atoms. The van der Waals surface area contributed by atoms with Crippen molar-refractivity contribution in [1.82, 2.24) is 15.3 Å². The summed E-state index contributed by atoms with van der Waals surface area (Å²) in [5.74, 6) is 0. The van der Waals surface area contributed by atoms with E-state index in [2.05, 4.69) is 15.3 Å². The van der Waals surface area contributed by atoms with Gasteiger partial charge < -0.3 is 5.32 Å². The summed E-state index contributed by atoms with van der Waals surface area (Å²) in [6.45, 7) is 1.20. The van der Waals surface area contributed by atoms with E-state index in [9.17, 15) is 13.2 Å². The lowest BCUT2D eigenvalue weighted by Crippen LogP contribution is -2.15. The Labute approximate surface area is 73.0 Å². The number of hydrogen-bond donors (Lipinski definition) is 1. The third-order valence-electron chi connectivity index (χ3n) is 1.31. The smallest absolute Gasteiger partial charge is 0.311 e. The minimum Gasteiger partial charge on any atom is -0.311 e. The van der Waals surface area contributed by atoms with E-state index in [1.165, 1.54) is 13.6 Å². The van der Waals surface area contributed by atoms with Crippen LogP contribution in [0, 0.1) is 6.54 Å². The van der Waals surface area contributed by atoms with Crippen molar-refractivity contribution in [2.75, 3.05) is 7.05 Å². The predicted octanol–water partition coefficient (Wildman–Crippen LogP) is 1.22. The molecule has 0 fully saturated rings. The van der Waals surface area contributed by atoms with Crippen molar-refractivity contribution in [2.45, 2.75) is 6.18 Å². The molecule has 0 aromatic carbocycles. The summed E-state index contributed by atoms with van der Waals surface area (Å²) in [7, 11) is 1.51. The van der Waals surface area contributed by atoms with Crippen LogP contribution in [0.1, 0.15) is 11.3 Å². The van der Waals surface area contributed by atoms with Gasteiger partial charge in [0.1, 0.15) is 6.33 Å². The quantitative estimate of drug-likeness (QED) is 0.762. The summed E-state index contributed by atoms with van der Waals surface area (Å²) in [4.78, 5) is 6.66.